The zero-order chi connectivity index (χ0) is 18.4. The fourth-order valence-electron chi connectivity index (χ4n) is 3.48. The lowest BCUT2D eigenvalue weighted by molar-refractivity contribution is -0.125. The summed E-state index contributed by atoms with van der Waals surface area (Å²) in [7, 11) is 1.67. The molecule has 1 aromatic carbocycles. The molecule has 6 nitrogen and oxygen atoms in total. The maximum Gasteiger partial charge on any atom is 0.267 e. The molecule has 1 aromatic heterocycles. The third kappa shape index (κ3) is 2.60. The molecule has 0 radical (unpaired) electrons. The van der Waals surface area contributed by atoms with Gasteiger partial charge in [0, 0.05) is 13.5 Å². The van der Waals surface area contributed by atoms with E-state index in [1.807, 2.05) is 0 Å². The highest BCUT2D eigenvalue weighted by molar-refractivity contribution is 6.00. The van der Waals surface area contributed by atoms with Gasteiger partial charge in [-0.2, -0.15) is 4.98 Å². The summed E-state index contributed by atoms with van der Waals surface area (Å²) in [5, 5.41) is 0. The molecule has 1 saturated heterocycles. The first-order chi connectivity index (χ1) is 12.5. The topological polar surface area (TPSA) is 62.7 Å². The molecular weight excluding hydrogens is 337 g/mol. The zero-order valence-electron chi connectivity index (χ0n) is 14.5. The molecule has 2 atom stereocenters. The van der Waals surface area contributed by atoms with Crippen LogP contribution in [0.4, 0.5) is 15.9 Å². The Morgan fingerprint density at radius 1 is 1.15 bits per heavy atom. The first-order valence-electron chi connectivity index (χ1n) is 8.48. The molecule has 0 spiro atoms. The Hall–Kier alpha value is -2.96. The lowest BCUT2D eigenvalue weighted by Crippen LogP contribution is -2.42. The summed E-state index contributed by atoms with van der Waals surface area (Å²) in [6, 6.07) is 9.40. The van der Waals surface area contributed by atoms with Crippen molar-refractivity contribution in [2.45, 2.75) is 31.9 Å². The van der Waals surface area contributed by atoms with Crippen LogP contribution in [0.1, 0.15) is 31.4 Å². The minimum atomic E-state index is -0.627. The molecule has 2 aliphatic rings. The number of anilines is 2. The molecule has 134 valence electrons. The zero-order valence-corrected chi connectivity index (χ0v) is 14.5. The Bertz CT molecular complexity index is 884. The minimum absolute atomic E-state index is 0.0416. The first-order valence-corrected chi connectivity index (χ1v) is 8.48. The van der Waals surface area contributed by atoms with Crippen LogP contribution in [0.5, 0.6) is 5.88 Å². The maximum absolute atomic E-state index is 13.2. The Kier molecular flexibility index (Phi) is 3.86. The third-order valence-electron chi connectivity index (χ3n) is 4.87. The molecule has 0 aliphatic carbocycles. The predicted molar refractivity (Wildman–Crippen MR) is 93.6 cm³/mol. The Morgan fingerprint density at radius 2 is 1.88 bits per heavy atom. The van der Waals surface area contributed by atoms with Gasteiger partial charge in [0.25, 0.3) is 5.91 Å². The van der Waals surface area contributed by atoms with Crippen LogP contribution in [0.25, 0.3) is 0 Å². The predicted octanol–water partition coefficient (Wildman–Crippen LogP) is 2.83. The normalized spacial score (nSPS) is 22.4. The molecule has 7 heteroatoms. The Morgan fingerprint density at radius 3 is 2.62 bits per heavy atom. The smallest absolute Gasteiger partial charge is 0.267 e. The van der Waals surface area contributed by atoms with Crippen molar-refractivity contribution in [3.8, 4) is 5.88 Å². The van der Waals surface area contributed by atoms with E-state index in [9.17, 15) is 14.0 Å². The number of pyridine rings is 1. The van der Waals surface area contributed by atoms with Gasteiger partial charge in [-0.3, -0.25) is 14.5 Å². The van der Waals surface area contributed by atoms with Crippen molar-refractivity contribution in [2.24, 2.45) is 0 Å². The number of aromatic nitrogens is 1. The van der Waals surface area contributed by atoms with Crippen LogP contribution < -0.4 is 14.5 Å². The van der Waals surface area contributed by atoms with Gasteiger partial charge in [-0.05, 0) is 43.2 Å². The van der Waals surface area contributed by atoms with Crippen LogP contribution in [0.15, 0.2) is 36.4 Å². The second-order valence-electron chi connectivity index (χ2n) is 6.52. The van der Waals surface area contributed by atoms with E-state index in [0.29, 0.717) is 30.2 Å². The average molecular weight is 355 g/mol. The fraction of sp³-hybridized carbons (Fsp3) is 0.316. The van der Waals surface area contributed by atoms with E-state index < -0.39 is 6.10 Å². The highest BCUT2D eigenvalue weighted by Crippen LogP contribution is 2.39. The lowest BCUT2D eigenvalue weighted by atomic mass is 10.0. The number of halogens is 1. The summed E-state index contributed by atoms with van der Waals surface area (Å²) in [5.41, 5.74) is 1.43. The van der Waals surface area contributed by atoms with Gasteiger partial charge in [0.15, 0.2) is 6.10 Å². The molecule has 0 N–H and O–H groups in total. The number of carbonyl (C=O) groups excluding carboxylic acids is 2. The summed E-state index contributed by atoms with van der Waals surface area (Å²) in [5.74, 6) is 0.297. The molecular formula is C19H18FN3O3. The van der Waals surface area contributed by atoms with Crippen molar-refractivity contribution >= 4 is 23.3 Å². The van der Waals surface area contributed by atoms with Crippen molar-refractivity contribution in [2.75, 3.05) is 16.8 Å². The van der Waals surface area contributed by atoms with Crippen LogP contribution >= 0.6 is 0 Å². The summed E-state index contributed by atoms with van der Waals surface area (Å²) in [6.07, 6.45) is 0.410. The maximum atomic E-state index is 13.2. The van der Waals surface area contributed by atoms with E-state index >= 15 is 0 Å². The molecule has 1 fully saturated rings. The summed E-state index contributed by atoms with van der Waals surface area (Å²) in [6.45, 7) is 1.67. The van der Waals surface area contributed by atoms with E-state index in [2.05, 4.69) is 4.98 Å². The average Bonchev–Trinajstić information content (AvgIpc) is 3.01. The van der Waals surface area contributed by atoms with E-state index in [1.54, 1.807) is 43.1 Å². The van der Waals surface area contributed by atoms with E-state index in [1.165, 1.54) is 17.0 Å². The van der Waals surface area contributed by atoms with Crippen molar-refractivity contribution in [1.29, 1.82) is 0 Å². The Labute approximate surface area is 150 Å². The third-order valence-corrected chi connectivity index (χ3v) is 4.87. The molecule has 2 unspecified atom stereocenters. The number of benzene rings is 1. The summed E-state index contributed by atoms with van der Waals surface area (Å²) < 4.78 is 18.8. The number of amides is 2. The molecule has 2 aromatic rings. The highest BCUT2D eigenvalue weighted by atomic mass is 19.1. The second kappa shape index (κ2) is 6.09. The lowest BCUT2D eigenvalue weighted by Gasteiger charge is -2.31. The van der Waals surface area contributed by atoms with Crippen molar-refractivity contribution in [3.63, 3.8) is 0 Å². The van der Waals surface area contributed by atoms with Gasteiger partial charge in [-0.25, -0.2) is 4.39 Å². The molecule has 26 heavy (non-hydrogen) atoms. The molecule has 0 saturated carbocycles. The number of hydrogen-bond donors (Lipinski definition) is 0. The highest BCUT2D eigenvalue weighted by Gasteiger charge is 2.36. The monoisotopic (exact) mass is 355 g/mol. The number of ether oxygens (including phenoxy) is 1. The molecule has 3 heterocycles. The first kappa shape index (κ1) is 16.5. The number of carbonyl (C=O) groups is 2. The van der Waals surface area contributed by atoms with Crippen molar-refractivity contribution < 1.29 is 18.7 Å². The van der Waals surface area contributed by atoms with Crippen LogP contribution in [0.3, 0.4) is 0 Å². The van der Waals surface area contributed by atoms with Gasteiger partial charge < -0.3 is 9.64 Å². The van der Waals surface area contributed by atoms with Crippen LogP contribution in [-0.4, -0.2) is 29.9 Å². The van der Waals surface area contributed by atoms with Crippen LogP contribution in [0.2, 0.25) is 0 Å². The van der Waals surface area contributed by atoms with Crippen LogP contribution in [-0.2, 0) is 9.59 Å². The fourth-order valence-corrected chi connectivity index (χ4v) is 3.48. The minimum Gasteiger partial charge on any atom is -0.463 e. The summed E-state index contributed by atoms with van der Waals surface area (Å²) in [4.78, 5) is 32.1. The largest absolute Gasteiger partial charge is 0.463 e. The quantitative estimate of drug-likeness (QED) is 0.831. The van der Waals surface area contributed by atoms with Crippen molar-refractivity contribution in [1.82, 2.24) is 4.98 Å². The number of fused-ring (bicyclic) bond motifs is 1. The van der Waals surface area contributed by atoms with E-state index in [4.69, 9.17) is 4.74 Å². The molecule has 2 amide bonds. The Balaban J connectivity index is 1.71. The van der Waals surface area contributed by atoms with Gasteiger partial charge >= 0.3 is 0 Å². The van der Waals surface area contributed by atoms with Gasteiger partial charge in [-0.1, -0.05) is 12.1 Å². The van der Waals surface area contributed by atoms with E-state index in [0.717, 1.165) is 5.56 Å². The number of hydrogen-bond acceptors (Lipinski definition) is 4. The second-order valence-corrected chi connectivity index (χ2v) is 6.52. The standard InChI is InChI=1S/C19H18FN3O3/c1-11-19(25)22(2)15-7-9-16(21-18(15)26-11)23-14(8-10-17(23)24)12-3-5-13(20)6-4-12/h3-7,9,11,14H,8,10H2,1-2H3. The van der Waals surface area contributed by atoms with Gasteiger partial charge in [0.05, 0.1) is 6.04 Å². The van der Waals surface area contributed by atoms with Gasteiger partial charge in [0.1, 0.15) is 17.3 Å². The molecule has 2 aliphatic heterocycles. The summed E-state index contributed by atoms with van der Waals surface area (Å²) >= 11 is 0. The van der Waals surface area contributed by atoms with Crippen molar-refractivity contribution in [3.05, 3.63) is 47.8 Å². The number of rotatable bonds is 2. The number of nitrogens with zero attached hydrogens (tertiary/aromatic N) is 3. The molecule has 0 bridgehead atoms. The number of likely N-dealkylation sites (N-methyl/N-ethyl adjacent to an activating group) is 1. The van der Waals surface area contributed by atoms with Gasteiger partial charge in [0.2, 0.25) is 11.8 Å². The molecule has 4 rings (SSSR count). The van der Waals surface area contributed by atoms with Gasteiger partial charge in [-0.15, -0.1) is 0 Å². The SMILES string of the molecule is CC1Oc2nc(N3C(=O)CCC3c3ccc(F)cc3)ccc2N(C)C1=O. The van der Waals surface area contributed by atoms with E-state index in [-0.39, 0.29) is 23.7 Å². The van der Waals surface area contributed by atoms with Crippen LogP contribution in [0, 0.1) is 5.82 Å².